The molecule has 1 aromatic carbocycles. The molecule has 0 radical (unpaired) electrons. The van der Waals surface area contributed by atoms with Gasteiger partial charge < -0.3 is 19.7 Å². The third-order valence-corrected chi connectivity index (χ3v) is 6.61. The normalized spacial score (nSPS) is 17.6. The lowest BCUT2D eigenvalue weighted by Gasteiger charge is -2.29. The second-order valence-electron chi connectivity index (χ2n) is 8.31. The van der Waals surface area contributed by atoms with Crippen LogP contribution in [0.2, 0.25) is 4.34 Å². The van der Waals surface area contributed by atoms with E-state index in [1.54, 1.807) is 25.1 Å². The van der Waals surface area contributed by atoms with Gasteiger partial charge in [-0.25, -0.2) is 15.0 Å². The topological polar surface area (TPSA) is 89.5 Å². The third-order valence-electron chi connectivity index (χ3n) is 5.44. The van der Waals surface area contributed by atoms with Crippen LogP contribution >= 0.6 is 22.9 Å². The second-order valence-corrected chi connectivity index (χ2v) is 9.98. The second kappa shape index (κ2) is 11.1. The Hall–Kier alpha value is -2.80. The first-order chi connectivity index (χ1) is 17.1. The fourth-order valence-electron chi connectivity index (χ4n) is 3.55. The average Bonchev–Trinajstić information content (AvgIpc) is 3.28. The number of nitrogens with one attached hydrogen (secondary N) is 1. The Morgan fingerprint density at radius 2 is 2.03 bits per heavy atom. The Morgan fingerprint density at radius 1 is 1.28 bits per heavy atom. The molecule has 0 saturated carbocycles. The van der Waals surface area contributed by atoms with Crippen LogP contribution in [0.25, 0.3) is 10.6 Å². The van der Waals surface area contributed by atoms with E-state index in [9.17, 15) is 18.0 Å². The van der Waals surface area contributed by atoms with Gasteiger partial charge >= 0.3 is 6.18 Å². The molecule has 8 nitrogen and oxygen atoms in total. The highest BCUT2D eigenvalue weighted by Gasteiger charge is 2.34. The van der Waals surface area contributed by atoms with Gasteiger partial charge in [-0.05, 0) is 32.2 Å². The number of morpholine rings is 1. The van der Waals surface area contributed by atoms with Crippen LogP contribution in [0.3, 0.4) is 0 Å². The van der Waals surface area contributed by atoms with E-state index in [-0.39, 0.29) is 11.7 Å². The highest BCUT2D eigenvalue weighted by atomic mass is 35.5. The van der Waals surface area contributed by atoms with Crippen molar-refractivity contribution in [3.05, 3.63) is 58.1 Å². The van der Waals surface area contributed by atoms with Crippen LogP contribution in [0.5, 0.6) is 5.75 Å². The first kappa shape index (κ1) is 26.3. The molecule has 3 heterocycles. The van der Waals surface area contributed by atoms with Crippen molar-refractivity contribution in [2.75, 3.05) is 33.4 Å². The van der Waals surface area contributed by atoms with Crippen molar-refractivity contribution in [2.24, 2.45) is 0 Å². The van der Waals surface area contributed by atoms with E-state index in [0.29, 0.717) is 39.4 Å². The molecule has 1 aliphatic heterocycles. The highest BCUT2D eigenvalue weighted by Crippen LogP contribution is 2.32. The minimum absolute atomic E-state index is 0.112. The van der Waals surface area contributed by atoms with Gasteiger partial charge in [0.25, 0.3) is 5.91 Å². The van der Waals surface area contributed by atoms with E-state index in [0.717, 1.165) is 25.5 Å². The van der Waals surface area contributed by atoms with Gasteiger partial charge in [0.1, 0.15) is 27.8 Å². The average molecular weight is 542 g/mol. The van der Waals surface area contributed by atoms with E-state index in [1.807, 2.05) is 7.05 Å². The molecule has 0 bridgehead atoms. The Labute approximate surface area is 214 Å². The van der Waals surface area contributed by atoms with Crippen LogP contribution in [0.1, 0.15) is 34.7 Å². The van der Waals surface area contributed by atoms with E-state index in [1.165, 1.54) is 17.5 Å². The van der Waals surface area contributed by atoms with Crippen molar-refractivity contribution in [1.82, 2.24) is 25.2 Å². The third kappa shape index (κ3) is 6.69. The van der Waals surface area contributed by atoms with Gasteiger partial charge in [-0.15, -0.1) is 11.3 Å². The van der Waals surface area contributed by atoms with Gasteiger partial charge in [-0.3, -0.25) is 4.79 Å². The van der Waals surface area contributed by atoms with Gasteiger partial charge in [0.2, 0.25) is 5.82 Å². The number of amides is 1. The molecule has 3 aromatic rings. The van der Waals surface area contributed by atoms with Crippen LogP contribution in [-0.2, 0) is 10.9 Å². The zero-order chi connectivity index (χ0) is 25.9. The summed E-state index contributed by atoms with van der Waals surface area (Å²) in [5.41, 5.74) is 1.26. The molecule has 2 atom stereocenters. The van der Waals surface area contributed by atoms with E-state index in [4.69, 9.17) is 21.1 Å². The standard InChI is InChI=1S/C23H23ClF3N5O3S/c1-13(16-8-29-22(30-9-16)23(25,26)27)31-20(33)14-5-15(21-28-10-19(24)36-21)7-17(6-14)35-12-18-11-32(2)3-4-34-18/h5-10,13,18H,3-4,11-12H2,1-2H3,(H,31,33)/t13?,18-/m1/s1. The molecular weight excluding hydrogens is 519 g/mol. The summed E-state index contributed by atoms with van der Waals surface area (Å²) in [6, 6.07) is 4.37. The number of carbonyl (C=O) groups excluding carboxylic acids is 1. The Balaban J connectivity index is 1.52. The lowest BCUT2D eigenvalue weighted by Crippen LogP contribution is -2.42. The highest BCUT2D eigenvalue weighted by molar-refractivity contribution is 7.18. The molecule has 1 unspecified atom stereocenters. The minimum atomic E-state index is -4.64. The number of carbonyl (C=O) groups is 1. The lowest BCUT2D eigenvalue weighted by atomic mass is 10.1. The van der Waals surface area contributed by atoms with Gasteiger partial charge in [0, 0.05) is 42.2 Å². The monoisotopic (exact) mass is 541 g/mol. The zero-order valence-electron chi connectivity index (χ0n) is 19.4. The molecule has 36 heavy (non-hydrogen) atoms. The number of hydrogen-bond donors (Lipinski definition) is 1. The molecule has 0 spiro atoms. The number of nitrogens with zero attached hydrogens (tertiary/aromatic N) is 4. The number of halogens is 4. The number of alkyl halides is 3. The van der Waals surface area contributed by atoms with E-state index in [2.05, 4.69) is 25.2 Å². The van der Waals surface area contributed by atoms with Crippen LogP contribution in [0.15, 0.2) is 36.8 Å². The number of aromatic nitrogens is 3. The molecule has 13 heteroatoms. The van der Waals surface area contributed by atoms with Crippen molar-refractivity contribution in [3.8, 4) is 16.3 Å². The summed E-state index contributed by atoms with van der Waals surface area (Å²) < 4.78 is 50.4. The first-order valence-electron chi connectivity index (χ1n) is 11.0. The number of hydrogen-bond acceptors (Lipinski definition) is 8. The number of ether oxygens (including phenoxy) is 2. The molecular formula is C23H23ClF3N5O3S. The largest absolute Gasteiger partial charge is 0.491 e. The fourth-order valence-corrected chi connectivity index (χ4v) is 4.45. The maximum Gasteiger partial charge on any atom is 0.451 e. The summed E-state index contributed by atoms with van der Waals surface area (Å²) in [5.74, 6) is -1.24. The van der Waals surface area contributed by atoms with E-state index < -0.39 is 23.9 Å². The molecule has 1 aliphatic rings. The Bertz CT molecular complexity index is 1210. The molecule has 1 saturated heterocycles. The SMILES string of the molecule is CC(NC(=O)c1cc(OC[C@H]2CN(C)CCO2)cc(-c2ncc(Cl)s2)c1)c1cnc(C(F)(F)F)nc1. The summed E-state index contributed by atoms with van der Waals surface area (Å²) in [4.78, 5) is 26.2. The number of rotatable bonds is 7. The number of likely N-dealkylation sites (N-methyl/N-ethyl adjacent to an activating group) is 1. The summed E-state index contributed by atoms with van der Waals surface area (Å²) in [6.45, 7) is 4.11. The van der Waals surface area contributed by atoms with Crippen LogP contribution in [0.4, 0.5) is 13.2 Å². The van der Waals surface area contributed by atoms with Crippen molar-refractivity contribution >= 4 is 28.8 Å². The quantitative estimate of drug-likeness (QED) is 0.472. The van der Waals surface area contributed by atoms with Gasteiger partial charge in [0.15, 0.2) is 0 Å². The summed E-state index contributed by atoms with van der Waals surface area (Å²) >= 11 is 7.30. The fraction of sp³-hybridized carbons (Fsp3) is 0.391. The molecule has 1 fully saturated rings. The maximum atomic E-state index is 13.1. The number of benzene rings is 1. The summed E-state index contributed by atoms with van der Waals surface area (Å²) in [7, 11) is 2.01. The lowest BCUT2D eigenvalue weighted by molar-refractivity contribution is -0.145. The molecule has 0 aliphatic carbocycles. The van der Waals surface area contributed by atoms with Crippen LogP contribution in [-0.4, -0.2) is 65.2 Å². The summed E-state index contributed by atoms with van der Waals surface area (Å²) in [6.07, 6.45) is -1.14. The molecule has 1 amide bonds. The number of thiazole rings is 1. The first-order valence-corrected chi connectivity index (χ1v) is 12.2. The van der Waals surface area contributed by atoms with Gasteiger partial charge in [-0.1, -0.05) is 11.6 Å². The smallest absolute Gasteiger partial charge is 0.451 e. The van der Waals surface area contributed by atoms with Crippen molar-refractivity contribution < 1.29 is 27.4 Å². The molecule has 1 N–H and O–H groups in total. The van der Waals surface area contributed by atoms with E-state index >= 15 is 0 Å². The van der Waals surface area contributed by atoms with Gasteiger partial charge in [-0.2, -0.15) is 13.2 Å². The predicted molar refractivity (Wildman–Crippen MR) is 128 cm³/mol. The van der Waals surface area contributed by atoms with Gasteiger partial charge in [0.05, 0.1) is 18.8 Å². The maximum absolute atomic E-state index is 13.1. The van der Waals surface area contributed by atoms with Crippen LogP contribution < -0.4 is 10.1 Å². The zero-order valence-corrected chi connectivity index (χ0v) is 21.0. The predicted octanol–water partition coefficient (Wildman–Crippen LogP) is 4.47. The van der Waals surface area contributed by atoms with Crippen molar-refractivity contribution in [2.45, 2.75) is 25.2 Å². The molecule has 4 rings (SSSR count). The Morgan fingerprint density at radius 3 is 2.67 bits per heavy atom. The molecule has 192 valence electrons. The molecule has 2 aromatic heterocycles. The minimum Gasteiger partial charge on any atom is -0.491 e. The Kier molecular flexibility index (Phi) is 8.08. The van der Waals surface area contributed by atoms with Crippen LogP contribution in [0, 0.1) is 0 Å². The summed E-state index contributed by atoms with van der Waals surface area (Å²) in [5, 5.41) is 3.37. The van der Waals surface area contributed by atoms with Crippen molar-refractivity contribution in [1.29, 1.82) is 0 Å². The van der Waals surface area contributed by atoms with Crippen molar-refractivity contribution in [3.63, 3.8) is 0 Å².